The van der Waals surface area contributed by atoms with Crippen molar-refractivity contribution in [1.29, 1.82) is 0 Å². The van der Waals surface area contributed by atoms with Crippen LogP contribution >= 0.6 is 11.8 Å². The van der Waals surface area contributed by atoms with E-state index in [-0.39, 0.29) is 17.3 Å². The Morgan fingerprint density at radius 1 is 1.08 bits per heavy atom. The van der Waals surface area contributed by atoms with E-state index in [0.717, 1.165) is 17.7 Å². The van der Waals surface area contributed by atoms with E-state index >= 15 is 0 Å². The third-order valence-corrected chi connectivity index (χ3v) is 8.26. The predicted molar refractivity (Wildman–Crippen MR) is 144 cm³/mol. The van der Waals surface area contributed by atoms with Gasteiger partial charge in [0.1, 0.15) is 5.82 Å². The zero-order valence-corrected chi connectivity index (χ0v) is 22.8. The summed E-state index contributed by atoms with van der Waals surface area (Å²) in [6.45, 7) is 5.24. The third-order valence-electron chi connectivity index (χ3n) is 6.87. The molecule has 1 aliphatic rings. The standard InChI is InChI=1S/C28H30F4N4O2S/c1-4-24(26(38)36-14-12-35(13-15-36)22-7-5-6-20(17-22)28(30,31)32)39-27-33-18(2)23(25(37)34(27)3)16-19-8-10-21(29)11-9-19/h5-11,17,24H,4,12-16H2,1-3H3. The zero-order valence-electron chi connectivity index (χ0n) is 22.0. The number of amides is 1. The second-order valence-corrected chi connectivity index (χ2v) is 10.7. The Kier molecular flexibility index (Phi) is 8.68. The Bertz CT molecular complexity index is 1380. The van der Waals surface area contributed by atoms with Crippen molar-refractivity contribution in [1.82, 2.24) is 14.5 Å². The molecule has 1 aliphatic heterocycles. The van der Waals surface area contributed by atoms with Crippen molar-refractivity contribution in [2.45, 2.75) is 43.3 Å². The number of aromatic nitrogens is 2. The van der Waals surface area contributed by atoms with Crippen LogP contribution in [-0.4, -0.2) is 51.8 Å². The smallest absolute Gasteiger partial charge is 0.368 e. The minimum atomic E-state index is -4.41. The largest absolute Gasteiger partial charge is 0.416 e. The molecule has 1 aromatic heterocycles. The normalized spacial score (nSPS) is 14.9. The Hall–Kier alpha value is -3.34. The molecule has 1 unspecified atom stereocenters. The first kappa shape index (κ1) is 28.7. The van der Waals surface area contributed by atoms with Crippen molar-refractivity contribution in [3.63, 3.8) is 0 Å². The fraction of sp³-hybridized carbons (Fsp3) is 0.393. The topological polar surface area (TPSA) is 58.4 Å². The number of carbonyl (C=O) groups is 1. The van der Waals surface area contributed by atoms with Gasteiger partial charge in [0.05, 0.1) is 10.8 Å². The van der Waals surface area contributed by atoms with Crippen LogP contribution in [0.4, 0.5) is 23.2 Å². The zero-order chi connectivity index (χ0) is 28.3. The molecule has 0 radical (unpaired) electrons. The van der Waals surface area contributed by atoms with Crippen LogP contribution in [0.25, 0.3) is 0 Å². The highest BCUT2D eigenvalue weighted by atomic mass is 32.2. The number of hydrogen-bond acceptors (Lipinski definition) is 5. The van der Waals surface area contributed by atoms with E-state index in [1.54, 1.807) is 37.1 Å². The monoisotopic (exact) mass is 562 g/mol. The number of piperazine rings is 1. The summed E-state index contributed by atoms with van der Waals surface area (Å²) in [6.07, 6.45) is -3.57. The molecule has 4 rings (SSSR count). The van der Waals surface area contributed by atoms with E-state index in [9.17, 15) is 27.2 Å². The summed E-state index contributed by atoms with van der Waals surface area (Å²) in [5, 5.41) is -0.0336. The van der Waals surface area contributed by atoms with Gasteiger partial charge >= 0.3 is 6.18 Å². The summed E-state index contributed by atoms with van der Waals surface area (Å²) >= 11 is 1.24. The Morgan fingerprint density at radius 3 is 2.36 bits per heavy atom. The van der Waals surface area contributed by atoms with E-state index in [4.69, 9.17) is 0 Å². The van der Waals surface area contributed by atoms with Gasteiger partial charge in [-0.2, -0.15) is 13.2 Å². The van der Waals surface area contributed by atoms with Gasteiger partial charge in [0.15, 0.2) is 5.16 Å². The van der Waals surface area contributed by atoms with E-state index in [0.29, 0.717) is 61.1 Å². The number of rotatable bonds is 7. The van der Waals surface area contributed by atoms with Crippen LogP contribution in [0.2, 0.25) is 0 Å². The summed E-state index contributed by atoms with van der Waals surface area (Å²) in [4.78, 5) is 34.7. The first-order valence-corrected chi connectivity index (χ1v) is 13.5. The van der Waals surface area contributed by atoms with E-state index < -0.39 is 17.0 Å². The molecule has 0 bridgehead atoms. The number of halogens is 4. The highest BCUT2D eigenvalue weighted by Crippen LogP contribution is 2.32. The molecule has 11 heteroatoms. The molecule has 3 aromatic rings. The van der Waals surface area contributed by atoms with Gasteiger partial charge < -0.3 is 9.80 Å². The Balaban J connectivity index is 1.43. The van der Waals surface area contributed by atoms with Crippen LogP contribution < -0.4 is 10.5 Å². The van der Waals surface area contributed by atoms with Crippen molar-refractivity contribution >= 4 is 23.4 Å². The number of alkyl halides is 3. The SMILES string of the molecule is CCC(Sc1nc(C)c(Cc2ccc(F)cc2)c(=O)n1C)C(=O)N1CCN(c2cccc(C(F)(F)F)c2)CC1. The van der Waals surface area contributed by atoms with Crippen LogP contribution in [0, 0.1) is 12.7 Å². The van der Waals surface area contributed by atoms with Crippen molar-refractivity contribution < 1.29 is 22.4 Å². The van der Waals surface area contributed by atoms with Crippen LogP contribution in [0.5, 0.6) is 0 Å². The minimum absolute atomic E-state index is 0.0894. The molecule has 2 aromatic carbocycles. The maximum atomic E-state index is 13.4. The molecule has 0 saturated carbocycles. The molecular weight excluding hydrogens is 532 g/mol. The second-order valence-electron chi connectivity index (χ2n) is 9.50. The first-order valence-electron chi connectivity index (χ1n) is 12.7. The van der Waals surface area contributed by atoms with Crippen molar-refractivity contribution in [3.8, 4) is 0 Å². The number of carbonyl (C=O) groups excluding carboxylic acids is 1. The summed E-state index contributed by atoms with van der Waals surface area (Å²) in [5.41, 5.74) is 1.43. The fourth-order valence-electron chi connectivity index (χ4n) is 4.55. The van der Waals surface area contributed by atoms with Gasteiger partial charge in [-0.1, -0.05) is 36.9 Å². The Labute approximate surface area is 228 Å². The van der Waals surface area contributed by atoms with Crippen molar-refractivity contribution in [2.24, 2.45) is 7.05 Å². The number of thioether (sulfide) groups is 1. The second kappa shape index (κ2) is 11.8. The molecular formula is C28H30F4N4O2S. The molecule has 39 heavy (non-hydrogen) atoms. The van der Waals surface area contributed by atoms with Crippen LogP contribution in [0.1, 0.15) is 35.7 Å². The average Bonchev–Trinajstić information content (AvgIpc) is 2.92. The van der Waals surface area contributed by atoms with Gasteiger partial charge in [0, 0.05) is 56.6 Å². The lowest BCUT2D eigenvalue weighted by Crippen LogP contribution is -2.51. The summed E-state index contributed by atoms with van der Waals surface area (Å²) in [7, 11) is 1.62. The van der Waals surface area contributed by atoms with Gasteiger partial charge in [-0.15, -0.1) is 0 Å². The summed E-state index contributed by atoms with van der Waals surface area (Å²) < 4.78 is 54.0. The molecule has 208 valence electrons. The molecule has 2 heterocycles. The summed E-state index contributed by atoms with van der Waals surface area (Å²) in [6, 6.07) is 11.2. The highest BCUT2D eigenvalue weighted by molar-refractivity contribution is 8.00. The maximum absolute atomic E-state index is 13.4. The molecule has 1 amide bonds. The molecule has 1 atom stereocenters. The van der Waals surface area contributed by atoms with Gasteiger partial charge in [-0.25, -0.2) is 9.37 Å². The number of benzene rings is 2. The molecule has 1 saturated heterocycles. The van der Waals surface area contributed by atoms with E-state index in [2.05, 4.69) is 4.98 Å². The lowest BCUT2D eigenvalue weighted by atomic mass is 10.1. The summed E-state index contributed by atoms with van der Waals surface area (Å²) in [5.74, 6) is -0.436. The number of aryl methyl sites for hydroxylation is 1. The van der Waals surface area contributed by atoms with Gasteiger partial charge in [0.25, 0.3) is 5.56 Å². The Morgan fingerprint density at radius 2 is 1.74 bits per heavy atom. The molecule has 1 fully saturated rings. The average molecular weight is 563 g/mol. The fourth-order valence-corrected chi connectivity index (χ4v) is 5.65. The lowest BCUT2D eigenvalue weighted by Gasteiger charge is -2.37. The minimum Gasteiger partial charge on any atom is -0.368 e. The van der Waals surface area contributed by atoms with Gasteiger partial charge in [-0.3, -0.25) is 14.2 Å². The first-order chi connectivity index (χ1) is 18.5. The quantitative estimate of drug-likeness (QED) is 0.229. The number of nitrogens with zero attached hydrogens (tertiary/aromatic N) is 4. The lowest BCUT2D eigenvalue weighted by molar-refractivity contribution is -0.137. The molecule has 6 nitrogen and oxygen atoms in total. The number of anilines is 1. The van der Waals surface area contributed by atoms with E-state index in [1.165, 1.54) is 34.5 Å². The van der Waals surface area contributed by atoms with Crippen LogP contribution in [0.3, 0.4) is 0 Å². The van der Waals surface area contributed by atoms with Crippen molar-refractivity contribution in [2.75, 3.05) is 31.1 Å². The van der Waals surface area contributed by atoms with Crippen LogP contribution in [-0.2, 0) is 24.4 Å². The predicted octanol–water partition coefficient (Wildman–Crippen LogP) is 5.06. The number of hydrogen-bond donors (Lipinski definition) is 0. The van der Waals surface area contributed by atoms with Gasteiger partial charge in [-0.05, 0) is 49.2 Å². The maximum Gasteiger partial charge on any atom is 0.416 e. The molecule has 0 aliphatic carbocycles. The van der Waals surface area contributed by atoms with Crippen molar-refractivity contribution in [3.05, 3.63) is 87.1 Å². The highest BCUT2D eigenvalue weighted by Gasteiger charge is 2.32. The molecule has 0 spiro atoms. The van der Waals surface area contributed by atoms with E-state index in [1.807, 2.05) is 11.8 Å². The third kappa shape index (κ3) is 6.63. The van der Waals surface area contributed by atoms with Gasteiger partial charge in [0.2, 0.25) is 5.91 Å². The van der Waals surface area contributed by atoms with Crippen LogP contribution in [0.15, 0.2) is 58.5 Å². The molecule has 0 N–H and O–H groups in total.